The lowest BCUT2D eigenvalue weighted by atomic mass is 9.79. The summed E-state index contributed by atoms with van der Waals surface area (Å²) in [5.41, 5.74) is 29.7. The molecule has 0 aliphatic heterocycles. The van der Waals surface area contributed by atoms with Crippen LogP contribution in [0.4, 0.5) is 17.1 Å². The van der Waals surface area contributed by atoms with Crippen molar-refractivity contribution in [2.75, 3.05) is 4.90 Å². The van der Waals surface area contributed by atoms with Crippen molar-refractivity contribution in [3.63, 3.8) is 0 Å². The maximum absolute atomic E-state index is 2.54. The molecule has 0 saturated carbocycles. The van der Waals surface area contributed by atoms with Crippen molar-refractivity contribution in [2.24, 2.45) is 0 Å². The minimum absolute atomic E-state index is 0.0586. The second kappa shape index (κ2) is 15.9. The lowest BCUT2D eigenvalue weighted by Gasteiger charge is -2.31. The summed E-state index contributed by atoms with van der Waals surface area (Å²) in [7, 11) is 0. The molecule has 79 heavy (non-hydrogen) atoms. The SMILES string of the molecule is CC1(C)c2ccccc2-c2cc(-c3c4ccccc4c(-c4ccc5c(c4)C(C)(C)c4cc(N(c6ccc7c(c6)C(C)(C)c6ccccc6-7)c6ccc7c(c6)C(C)(C)c6ccccc6-7)ccc4-5)c4cc5ccccc5cc34)ccc21. The van der Waals surface area contributed by atoms with E-state index in [0.717, 1.165) is 0 Å². The molecule has 0 spiro atoms. The first-order valence-electron chi connectivity index (χ1n) is 28.4. The Morgan fingerprint density at radius 2 is 0.544 bits per heavy atom. The van der Waals surface area contributed by atoms with Crippen LogP contribution in [0.3, 0.4) is 0 Å². The van der Waals surface area contributed by atoms with E-state index in [-0.39, 0.29) is 21.7 Å². The summed E-state index contributed by atoms with van der Waals surface area (Å²) in [5.74, 6) is 0. The van der Waals surface area contributed by atoms with Crippen molar-refractivity contribution >= 4 is 49.4 Å². The van der Waals surface area contributed by atoms with Crippen LogP contribution in [0.1, 0.15) is 99.9 Å². The van der Waals surface area contributed by atoms with E-state index in [1.807, 2.05) is 0 Å². The zero-order valence-corrected chi connectivity index (χ0v) is 46.3. The maximum Gasteiger partial charge on any atom is 0.0465 e. The molecule has 4 aliphatic rings. The van der Waals surface area contributed by atoms with Crippen molar-refractivity contribution in [3.05, 3.63) is 269 Å². The molecule has 12 aromatic carbocycles. The van der Waals surface area contributed by atoms with Gasteiger partial charge in [0.05, 0.1) is 0 Å². The van der Waals surface area contributed by atoms with Crippen molar-refractivity contribution in [1.82, 2.24) is 0 Å². The van der Waals surface area contributed by atoms with Gasteiger partial charge in [0.25, 0.3) is 0 Å². The molecule has 378 valence electrons. The van der Waals surface area contributed by atoms with Crippen LogP contribution in [0, 0.1) is 0 Å². The average molecular weight is 1010 g/mol. The van der Waals surface area contributed by atoms with E-state index in [0.29, 0.717) is 0 Å². The van der Waals surface area contributed by atoms with E-state index in [4.69, 9.17) is 0 Å². The number of fused-ring (bicyclic) bond motifs is 15. The fourth-order valence-electron chi connectivity index (χ4n) is 15.5. The predicted molar refractivity (Wildman–Crippen MR) is 335 cm³/mol. The molecule has 0 radical (unpaired) electrons. The number of benzene rings is 12. The van der Waals surface area contributed by atoms with E-state index in [1.54, 1.807) is 0 Å². The molecule has 0 bridgehead atoms. The summed E-state index contributed by atoms with van der Waals surface area (Å²) in [5, 5.41) is 7.61. The minimum atomic E-state index is -0.293. The Kier molecular flexibility index (Phi) is 9.34. The van der Waals surface area contributed by atoms with Crippen LogP contribution < -0.4 is 4.90 Å². The van der Waals surface area contributed by atoms with Crippen LogP contribution in [-0.2, 0) is 21.7 Å². The number of nitrogens with zero attached hydrogens (tertiary/aromatic N) is 1. The van der Waals surface area contributed by atoms with E-state index >= 15 is 0 Å². The fourth-order valence-corrected chi connectivity index (χ4v) is 15.5. The third kappa shape index (κ3) is 6.28. The van der Waals surface area contributed by atoms with Gasteiger partial charge in [-0.05, 0) is 204 Å². The number of hydrogen-bond donors (Lipinski definition) is 0. The molecular formula is C78H61N. The van der Waals surface area contributed by atoms with Crippen LogP contribution in [0.25, 0.3) is 99.1 Å². The van der Waals surface area contributed by atoms with Crippen LogP contribution in [0.5, 0.6) is 0 Å². The van der Waals surface area contributed by atoms with Gasteiger partial charge in [-0.2, -0.15) is 0 Å². The first-order valence-corrected chi connectivity index (χ1v) is 28.4. The minimum Gasteiger partial charge on any atom is -0.310 e. The van der Waals surface area contributed by atoms with Crippen LogP contribution in [0.2, 0.25) is 0 Å². The van der Waals surface area contributed by atoms with Gasteiger partial charge in [-0.15, -0.1) is 0 Å². The largest absolute Gasteiger partial charge is 0.310 e. The molecule has 0 N–H and O–H groups in total. The van der Waals surface area contributed by atoms with Gasteiger partial charge >= 0.3 is 0 Å². The zero-order valence-electron chi connectivity index (χ0n) is 46.3. The molecule has 0 heterocycles. The molecule has 1 heteroatoms. The smallest absolute Gasteiger partial charge is 0.0465 e. The van der Waals surface area contributed by atoms with Crippen LogP contribution >= 0.6 is 0 Å². The second-order valence-electron chi connectivity index (χ2n) is 25.2. The van der Waals surface area contributed by atoms with Crippen LogP contribution in [-0.4, -0.2) is 0 Å². The van der Waals surface area contributed by atoms with E-state index in [9.17, 15) is 0 Å². The third-order valence-electron chi connectivity index (χ3n) is 19.6. The highest BCUT2D eigenvalue weighted by Gasteiger charge is 2.41. The quantitative estimate of drug-likeness (QED) is 0.155. The van der Waals surface area contributed by atoms with Gasteiger partial charge in [-0.25, -0.2) is 0 Å². The van der Waals surface area contributed by atoms with Crippen molar-refractivity contribution < 1.29 is 0 Å². The Labute approximate surface area is 464 Å². The summed E-state index contributed by atoms with van der Waals surface area (Å²) in [6, 6.07) is 86.3. The summed E-state index contributed by atoms with van der Waals surface area (Å²) in [4.78, 5) is 2.54. The molecule has 0 amide bonds. The van der Waals surface area contributed by atoms with Gasteiger partial charge in [-0.1, -0.05) is 219 Å². The summed E-state index contributed by atoms with van der Waals surface area (Å²) >= 11 is 0. The highest BCUT2D eigenvalue weighted by atomic mass is 15.1. The lowest BCUT2D eigenvalue weighted by Crippen LogP contribution is -2.19. The molecule has 16 rings (SSSR count). The van der Waals surface area contributed by atoms with Gasteiger partial charge in [0, 0.05) is 38.7 Å². The standard InChI is InChI=1S/C78H61N/c1-75(2)67-28-18-15-23-55(67)62-41-48(30-38-68(62)75)73-60-24-11-12-25-61(60)74(64-40-47-20-10-9-19-46(47)39-63(64)73)49-29-34-56-59-37-33-52(45-72(59)78(7,8)69(56)42-49)79(50-31-35-57-53-21-13-16-26-65(53)76(3,4)70(57)43-50)51-32-36-58-54-22-14-17-27-66(54)77(5,6)71(58)44-51/h9-45H,1-8H3. The van der Waals surface area contributed by atoms with Gasteiger partial charge in [-0.3, -0.25) is 0 Å². The Bertz CT molecular complexity index is 4560. The molecule has 0 fully saturated rings. The second-order valence-corrected chi connectivity index (χ2v) is 25.2. The molecule has 0 atom stereocenters. The van der Waals surface area contributed by atoms with Gasteiger partial charge < -0.3 is 4.90 Å². The average Bonchev–Trinajstić information content (AvgIpc) is 3.74. The summed E-state index contributed by atoms with van der Waals surface area (Å²) in [6.07, 6.45) is 0. The van der Waals surface area contributed by atoms with E-state index < -0.39 is 0 Å². The highest BCUT2D eigenvalue weighted by molar-refractivity contribution is 6.24. The normalized spacial score (nSPS) is 15.7. The predicted octanol–water partition coefficient (Wildman–Crippen LogP) is 21.2. The molecule has 0 aromatic heterocycles. The monoisotopic (exact) mass is 1010 g/mol. The first kappa shape index (κ1) is 46.3. The van der Waals surface area contributed by atoms with Crippen molar-refractivity contribution in [3.8, 4) is 66.8 Å². The Balaban J connectivity index is 0.859. The highest BCUT2D eigenvalue weighted by Crippen LogP contribution is 2.57. The van der Waals surface area contributed by atoms with Crippen molar-refractivity contribution in [2.45, 2.75) is 77.0 Å². The van der Waals surface area contributed by atoms with Gasteiger partial charge in [0.15, 0.2) is 0 Å². The molecule has 4 aliphatic carbocycles. The van der Waals surface area contributed by atoms with Gasteiger partial charge in [0.1, 0.15) is 0 Å². The zero-order chi connectivity index (χ0) is 53.5. The van der Waals surface area contributed by atoms with E-state index in [2.05, 4.69) is 285 Å². The van der Waals surface area contributed by atoms with Crippen LogP contribution in [0.15, 0.2) is 224 Å². The fraction of sp³-hybridized carbons (Fsp3) is 0.154. The molecule has 0 saturated heterocycles. The van der Waals surface area contributed by atoms with E-state index in [1.165, 1.54) is 161 Å². The first-order chi connectivity index (χ1) is 38.2. The Morgan fingerprint density at radius 3 is 1.01 bits per heavy atom. The number of anilines is 3. The number of hydrogen-bond acceptors (Lipinski definition) is 1. The summed E-state index contributed by atoms with van der Waals surface area (Å²) < 4.78 is 0. The lowest BCUT2D eigenvalue weighted by molar-refractivity contribution is 0.659. The van der Waals surface area contributed by atoms with Gasteiger partial charge in [0.2, 0.25) is 0 Å². The number of rotatable bonds is 5. The third-order valence-corrected chi connectivity index (χ3v) is 19.6. The molecule has 12 aromatic rings. The Hall–Kier alpha value is -8.78. The maximum atomic E-state index is 2.54. The topological polar surface area (TPSA) is 3.24 Å². The molecule has 1 nitrogen and oxygen atoms in total. The Morgan fingerprint density at radius 1 is 0.228 bits per heavy atom. The summed E-state index contributed by atoms with van der Waals surface area (Å²) in [6.45, 7) is 19.2. The molecule has 0 unspecified atom stereocenters. The molecular weight excluding hydrogens is 951 g/mol. The van der Waals surface area contributed by atoms with Crippen molar-refractivity contribution in [1.29, 1.82) is 0 Å².